The molecule has 0 unspecified atom stereocenters. The molecule has 0 saturated heterocycles. The summed E-state index contributed by atoms with van der Waals surface area (Å²) in [6.07, 6.45) is 1.94. The molecule has 0 radical (unpaired) electrons. The zero-order valence-electron chi connectivity index (χ0n) is 9.03. The van der Waals surface area contributed by atoms with Crippen molar-refractivity contribution in [2.45, 2.75) is 20.0 Å². The van der Waals surface area contributed by atoms with E-state index in [0.29, 0.717) is 0 Å². The average molecular weight is 221 g/mol. The Labute approximate surface area is 93.8 Å². The number of nitrogens with zero attached hydrogens (tertiary/aromatic N) is 2. The summed E-state index contributed by atoms with van der Waals surface area (Å²) in [5.41, 5.74) is 2.58. The van der Waals surface area contributed by atoms with Crippen LogP contribution in [0.2, 0.25) is 0 Å². The van der Waals surface area contributed by atoms with Gasteiger partial charge in [-0.25, -0.2) is 4.98 Å². The molecule has 2 heterocycles. The quantitative estimate of drug-likeness (QED) is 0.856. The van der Waals surface area contributed by atoms with Crippen molar-refractivity contribution >= 4 is 11.3 Å². The first kappa shape index (κ1) is 10.4. The third-order valence-electron chi connectivity index (χ3n) is 2.42. The minimum Gasteiger partial charge on any atom is -0.327 e. The van der Waals surface area contributed by atoms with Crippen molar-refractivity contribution in [1.29, 1.82) is 0 Å². The Bertz CT molecular complexity index is 417. The highest BCUT2D eigenvalue weighted by Crippen LogP contribution is 2.12. The minimum atomic E-state index is 0.866. The molecule has 15 heavy (non-hydrogen) atoms. The van der Waals surface area contributed by atoms with Crippen LogP contribution in [-0.2, 0) is 13.1 Å². The van der Waals surface area contributed by atoms with E-state index in [1.54, 1.807) is 11.3 Å². The summed E-state index contributed by atoms with van der Waals surface area (Å²) in [4.78, 5) is 4.34. The largest absolute Gasteiger partial charge is 0.327 e. The van der Waals surface area contributed by atoms with E-state index in [1.807, 2.05) is 20.2 Å². The molecule has 0 aliphatic rings. The van der Waals surface area contributed by atoms with Crippen LogP contribution in [0.4, 0.5) is 0 Å². The molecule has 2 aromatic rings. The first-order chi connectivity index (χ1) is 7.31. The monoisotopic (exact) mass is 221 g/mol. The van der Waals surface area contributed by atoms with Crippen molar-refractivity contribution in [3.05, 3.63) is 40.1 Å². The molecular formula is C11H15N3S. The Morgan fingerprint density at radius 1 is 1.53 bits per heavy atom. The highest BCUT2D eigenvalue weighted by Gasteiger charge is 2.06. The lowest BCUT2D eigenvalue weighted by atomic mass is 10.3. The number of imidazole rings is 1. The van der Waals surface area contributed by atoms with Gasteiger partial charge in [-0.05, 0) is 36.4 Å². The third kappa shape index (κ3) is 2.27. The topological polar surface area (TPSA) is 29.9 Å². The van der Waals surface area contributed by atoms with Crippen molar-refractivity contribution in [2.24, 2.45) is 0 Å². The molecular weight excluding hydrogens is 206 g/mol. The van der Waals surface area contributed by atoms with Gasteiger partial charge in [0.25, 0.3) is 0 Å². The van der Waals surface area contributed by atoms with Crippen LogP contribution in [0.5, 0.6) is 0 Å². The van der Waals surface area contributed by atoms with E-state index in [2.05, 4.69) is 31.7 Å². The molecule has 0 aliphatic heterocycles. The lowest BCUT2D eigenvalue weighted by molar-refractivity contribution is 0.677. The van der Waals surface area contributed by atoms with E-state index >= 15 is 0 Å². The molecule has 0 spiro atoms. The highest BCUT2D eigenvalue weighted by molar-refractivity contribution is 7.07. The maximum Gasteiger partial charge on any atom is 0.106 e. The molecule has 2 rings (SSSR count). The summed E-state index contributed by atoms with van der Waals surface area (Å²) in [7, 11) is 1.96. The van der Waals surface area contributed by atoms with E-state index in [0.717, 1.165) is 18.9 Å². The molecule has 0 bridgehead atoms. The van der Waals surface area contributed by atoms with Crippen LogP contribution >= 0.6 is 11.3 Å². The van der Waals surface area contributed by atoms with Gasteiger partial charge in [-0.1, -0.05) is 0 Å². The lowest BCUT2D eigenvalue weighted by Gasteiger charge is -2.08. The Morgan fingerprint density at radius 3 is 3.07 bits per heavy atom. The summed E-state index contributed by atoms with van der Waals surface area (Å²) < 4.78 is 2.25. The second-order valence-electron chi connectivity index (χ2n) is 3.54. The van der Waals surface area contributed by atoms with Gasteiger partial charge in [0.2, 0.25) is 0 Å². The lowest BCUT2D eigenvalue weighted by Crippen LogP contribution is -2.12. The van der Waals surface area contributed by atoms with Gasteiger partial charge in [0.1, 0.15) is 5.82 Å². The van der Waals surface area contributed by atoms with Gasteiger partial charge in [0, 0.05) is 19.3 Å². The molecule has 2 aromatic heterocycles. The van der Waals surface area contributed by atoms with Gasteiger partial charge in [0.15, 0.2) is 0 Å². The number of aryl methyl sites for hydroxylation is 1. The Morgan fingerprint density at radius 2 is 2.40 bits per heavy atom. The SMILES string of the molecule is CNCc1cnc(C)n1Cc1ccsc1. The van der Waals surface area contributed by atoms with Crippen LogP contribution in [-0.4, -0.2) is 16.6 Å². The smallest absolute Gasteiger partial charge is 0.106 e. The maximum absolute atomic E-state index is 4.34. The first-order valence-electron chi connectivity index (χ1n) is 4.98. The van der Waals surface area contributed by atoms with E-state index < -0.39 is 0 Å². The van der Waals surface area contributed by atoms with Crippen molar-refractivity contribution < 1.29 is 0 Å². The third-order valence-corrected chi connectivity index (χ3v) is 3.15. The molecule has 0 aromatic carbocycles. The predicted molar refractivity (Wildman–Crippen MR) is 63.1 cm³/mol. The van der Waals surface area contributed by atoms with Gasteiger partial charge in [-0.15, -0.1) is 0 Å². The van der Waals surface area contributed by atoms with E-state index in [4.69, 9.17) is 0 Å². The second-order valence-corrected chi connectivity index (χ2v) is 4.32. The van der Waals surface area contributed by atoms with Crippen LogP contribution in [0.1, 0.15) is 17.1 Å². The summed E-state index contributed by atoms with van der Waals surface area (Å²) in [6, 6.07) is 2.16. The number of aromatic nitrogens is 2. The maximum atomic E-state index is 4.34. The van der Waals surface area contributed by atoms with E-state index in [-0.39, 0.29) is 0 Å². The Balaban J connectivity index is 2.22. The molecule has 0 fully saturated rings. The molecule has 4 heteroatoms. The number of hydrogen-bond acceptors (Lipinski definition) is 3. The fourth-order valence-electron chi connectivity index (χ4n) is 1.62. The molecule has 0 aliphatic carbocycles. The summed E-state index contributed by atoms with van der Waals surface area (Å²) in [6.45, 7) is 3.84. The average Bonchev–Trinajstić information content (AvgIpc) is 2.83. The molecule has 0 saturated carbocycles. The van der Waals surface area contributed by atoms with E-state index in [1.165, 1.54) is 11.3 Å². The minimum absolute atomic E-state index is 0.866. The highest BCUT2D eigenvalue weighted by atomic mass is 32.1. The summed E-state index contributed by atoms with van der Waals surface area (Å²) in [5.74, 6) is 1.08. The van der Waals surface area contributed by atoms with Gasteiger partial charge in [0.05, 0.1) is 5.69 Å². The van der Waals surface area contributed by atoms with Crippen LogP contribution in [0.15, 0.2) is 23.0 Å². The van der Waals surface area contributed by atoms with Crippen LogP contribution in [0.3, 0.4) is 0 Å². The van der Waals surface area contributed by atoms with Crippen LogP contribution < -0.4 is 5.32 Å². The zero-order chi connectivity index (χ0) is 10.7. The predicted octanol–water partition coefficient (Wildman–Crippen LogP) is 2.02. The van der Waals surface area contributed by atoms with Crippen molar-refractivity contribution in [2.75, 3.05) is 7.05 Å². The van der Waals surface area contributed by atoms with Crippen molar-refractivity contribution in [3.63, 3.8) is 0 Å². The normalized spacial score (nSPS) is 10.8. The summed E-state index contributed by atoms with van der Waals surface area (Å²) in [5, 5.41) is 7.45. The molecule has 0 atom stereocenters. The molecule has 1 N–H and O–H groups in total. The number of hydrogen-bond donors (Lipinski definition) is 1. The fraction of sp³-hybridized carbons (Fsp3) is 0.364. The number of nitrogens with one attached hydrogen (secondary N) is 1. The fourth-order valence-corrected chi connectivity index (χ4v) is 2.28. The molecule has 0 amide bonds. The first-order valence-corrected chi connectivity index (χ1v) is 5.92. The Hall–Kier alpha value is -1.13. The second kappa shape index (κ2) is 4.59. The van der Waals surface area contributed by atoms with Crippen molar-refractivity contribution in [1.82, 2.24) is 14.9 Å². The summed E-state index contributed by atoms with van der Waals surface area (Å²) >= 11 is 1.74. The van der Waals surface area contributed by atoms with Crippen LogP contribution in [0.25, 0.3) is 0 Å². The van der Waals surface area contributed by atoms with Crippen LogP contribution in [0, 0.1) is 6.92 Å². The van der Waals surface area contributed by atoms with Gasteiger partial charge in [-0.2, -0.15) is 11.3 Å². The molecule has 3 nitrogen and oxygen atoms in total. The number of rotatable bonds is 4. The zero-order valence-corrected chi connectivity index (χ0v) is 9.84. The van der Waals surface area contributed by atoms with E-state index in [9.17, 15) is 0 Å². The number of thiophene rings is 1. The standard InChI is InChI=1S/C11H15N3S/c1-9-13-6-11(5-12-2)14(9)7-10-3-4-15-8-10/h3-4,6,8,12H,5,7H2,1-2H3. The van der Waals surface area contributed by atoms with Gasteiger partial charge in [-0.3, -0.25) is 0 Å². The molecule has 80 valence electrons. The van der Waals surface area contributed by atoms with Crippen molar-refractivity contribution in [3.8, 4) is 0 Å². The Kier molecular flexibility index (Phi) is 3.18. The van der Waals surface area contributed by atoms with Gasteiger partial charge < -0.3 is 9.88 Å². The van der Waals surface area contributed by atoms with Gasteiger partial charge >= 0.3 is 0 Å².